The van der Waals surface area contributed by atoms with Crippen LogP contribution in [0.4, 0.5) is 11.4 Å². The highest BCUT2D eigenvalue weighted by Crippen LogP contribution is 2.41. The maximum absolute atomic E-state index is 13.0. The van der Waals surface area contributed by atoms with Crippen molar-refractivity contribution < 1.29 is 19.1 Å². The molecule has 4 aromatic carbocycles. The van der Waals surface area contributed by atoms with Crippen LogP contribution in [0.2, 0.25) is 0 Å². The Balaban J connectivity index is 1.19. The Hall–Kier alpha value is -5.10. The first-order valence-electron chi connectivity index (χ1n) is 13.8. The quantitative estimate of drug-likeness (QED) is 0.223. The molecule has 204 valence electrons. The van der Waals surface area contributed by atoms with Gasteiger partial charge in [0, 0.05) is 35.3 Å². The minimum absolute atomic E-state index is 0.0144. The van der Waals surface area contributed by atoms with Crippen LogP contribution < -0.4 is 19.3 Å². The summed E-state index contributed by atoms with van der Waals surface area (Å²) in [6, 6.07) is 29.7. The van der Waals surface area contributed by atoms with Crippen molar-refractivity contribution in [2.24, 2.45) is 0 Å². The number of carbonyl (C=O) groups excluding carboxylic acids is 2. The molecule has 0 N–H and O–H groups in total. The molecule has 2 aliphatic heterocycles. The van der Waals surface area contributed by atoms with E-state index in [4.69, 9.17) is 9.47 Å². The predicted molar refractivity (Wildman–Crippen MR) is 161 cm³/mol. The van der Waals surface area contributed by atoms with E-state index in [1.54, 1.807) is 6.07 Å². The Kier molecular flexibility index (Phi) is 7.13. The molecule has 2 aliphatic rings. The van der Waals surface area contributed by atoms with Crippen LogP contribution in [0.5, 0.6) is 11.5 Å². The van der Waals surface area contributed by atoms with E-state index in [0.29, 0.717) is 47.0 Å². The van der Waals surface area contributed by atoms with Gasteiger partial charge in [0.2, 0.25) is 5.88 Å². The van der Waals surface area contributed by atoms with Gasteiger partial charge in [0.05, 0.1) is 11.4 Å². The number of rotatable bonds is 8. The number of nitrogens with zero attached hydrogens (tertiary/aromatic N) is 2. The second-order valence-corrected chi connectivity index (χ2v) is 9.79. The van der Waals surface area contributed by atoms with Gasteiger partial charge in [-0.15, -0.1) is 0 Å². The Bertz CT molecular complexity index is 1660. The van der Waals surface area contributed by atoms with Gasteiger partial charge < -0.3 is 19.3 Å². The summed E-state index contributed by atoms with van der Waals surface area (Å²) in [6.45, 7) is 5.50. The van der Waals surface area contributed by atoms with E-state index in [1.807, 2.05) is 121 Å². The summed E-state index contributed by atoms with van der Waals surface area (Å²) in [7, 11) is 0. The molecule has 0 radical (unpaired) electrons. The van der Waals surface area contributed by atoms with E-state index in [9.17, 15) is 9.59 Å². The number of hydrogen-bond acceptors (Lipinski definition) is 6. The van der Waals surface area contributed by atoms with Gasteiger partial charge in [-0.2, -0.15) is 0 Å². The molecule has 1 unspecified atom stereocenters. The fourth-order valence-corrected chi connectivity index (χ4v) is 5.24. The highest BCUT2D eigenvalue weighted by atomic mass is 16.5. The number of likely N-dealkylation sites (N-methyl/N-ethyl adjacent to an activating group) is 1. The van der Waals surface area contributed by atoms with Crippen molar-refractivity contribution in [3.05, 3.63) is 143 Å². The van der Waals surface area contributed by atoms with Crippen molar-refractivity contribution in [3.63, 3.8) is 0 Å². The van der Waals surface area contributed by atoms with Crippen molar-refractivity contribution in [3.8, 4) is 11.5 Å². The van der Waals surface area contributed by atoms with E-state index in [-0.39, 0.29) is 17.8 Å². The van der Waals surface area contributed by atoms with Gasteiger partial charge in [-0.1, -0.05) is 66.7 Å². The molecule has 41 heavy (non-hydrogen) atoms. The number of ketones is 2. The topological polar surface area (TPSA) is 59.1 Å². The van der Waals surface area contributed by atoms with Gasteiger partial charge in [0.1, 0.15) is 5.75 Å². The minimum Gasteiger partial charge on any atom is -0.465 e. The second kappa shape index (κ2) is 11.2. The van der Waals surface area contributed by atoms with Gasteiger partial charge >= 0.3 is 0 Å². The fraction of sp³-hybridized carbons (Fsp3) is 0.143. The van der Waals surface area contributed by atoms with Crippen molar-refractivity contribution in [2.45, 2.75) is 20.1 Å². The lowest BCUT2D eigenvalue weighted by Crippen LogP contribution is -2.32. The van der Waals surface area contributed by atoms with Crippen LogP contribution >= 0.6 is 0 Å². The number of carbonyl (C=O) groups is 2. The SMILES string of the molecule is CCN1C(=CC=CC2Oc3ccc(C(=O)c4ccccc4)cc3N2CC)Oc2ccc(C(=O)c3ccccc3)cc21. The minimum atomic E-state index is -0.317. The van der Waals surface area contributed by atoms with Crippen molar-refractivity contribution in [1.82, 2.24) is 0 Å². The average Bonchev–Trinajstić information content (AvgIpc) is 3.57. The Morgan fingerprint density at radius 2 is 1.29 bits per heavy atom. The first kappa shape index (κ1) is 26.1. The van der Waals surface area contributed by atoms with Crippen molar-refractivity contribution in [1.29, 1.82) is 0 Å². The lowest BCUT2D eigenvalue weighted by atomic mass is 10.0. The Morgan fingerprint density at radius 3 is 1.88 bits per heavy atom. The highest BCUT2D eigenvalue weighted by molar-refractivity contribution is 6.10. The maximum atomic E-state index is 13.0. The molecule has 0 spiro atoms. The molecule has 2 heterocycles. The summed E-state index contributed by atoms with van der Waals surface area (Å²) in [5.74, 6) is 2.10. The van der Waals surface area contributed by atoms with Crippen molar-refractivity contribution >= 4 is 22.9 Å². The number of benzene rings is 4. The van der Waals surface area contributed by atoms with Crippen LogP contribution in [0.1, 0.15) is 45.7 Å². The molecule has 0 amide bonds. The fourth-order valence-electron chi connectivity index (χ4n) is 5.24. The van der Waals surface area contributed by atoms with Crippen molar-refractivity contribution in [2.75, 3.05) is 22.9 Å². The summed E-state index contributed by atoms with van der Waals surface area (Å²) in [6.07, 6.45) is 5.49. The normalized spacial score (nSPS) is 16.4. The summed E-state index contributed by atoms with van der Waals surface area (Å²) < 4.78 is 12.4. The molecule has 0 saturated carbocycles. The van der Waals surface area contributed by atoms with Crippen LogP contribution in [0, 0.1) is 0 Å². The molecule has 0 saturated heterocycles. The third kappa shape index (κ3) is 5.00. The average molecular weight is 543 g/mol. The first-order chi connectivity index (χ1) is 20.1. The number of fused-ring (bicyclic) bond motifs is 2. The molecule has 0 bridgehead atoms. The molecule has 1 atom stereocenters. The zero-order valence-electron chi connectivity index (χ0n) is 23.0. The lowest BCUT2D eigenvalue weighted by molar-refractivity contribution is 0.103. The molecule has 6 rings (SSSR count). The zero-order valence-corrected chi connectivity index (χ0v) is 23.0. The number of allylic oxidation sites excluding steroid dienone is 2. The zero-order chi connectivity index (χ0) is 28.3. The van der Waals surface area contributed by atoms with Crippen LogP contribution in [0.15, 0.2) is 121 Å². The first-order valence-corrected chi connectivity index (χ1v) is 13.8. The molecular formula is C35H30N2O4. The van der Waals surface area contributed by atoms with Gasteiger partial charge in [-0.05, 0) is 62.4 Å². The molecule has 6 nitrogen and oxygen atoms in total. The molecular weight excluding hydrogens is 512 g/mol. The molecule has 4 aromatic rings. The van der Waals surface area contributed by atoms with Crippen LogP contribution in [-0.2, 0) is 0 Å². The summed E-state index contributed by atoms with van der Waals surface area (Å²) in [5, 5.41) is 0. The molecule has 6 heteroatoms. The van der Waals surface area contributed by atoms with E-state index < -0.39 is 0 Å². The standard InChI is InChI=1S/C35H30N2O4/c1-3-36-28-22-26(34(38)24-12-7-5-8-13-24)18-20-30(28)40-32(36)16-11-17-33-37(4-2)29-23-27(19-21-31(29)41-33)35(39)25-14-9-6-10-15-25/h5-23,32H,3-4H2,1-2H3. The number of hydrogen-bond donors (Lipinski definition) is 0. The Morgan fingerprint density at radius 1 is 0.707 bits per heavy atom. The van der Waals surface area contributed by atoms with Gasteiger partial charge in [0.25, 0.3) is 0 Å². The lowest BCUT2D eigenvalue weighted by Gasteiger charge is -2.21. The van der Waals surface area contributed by atoms with Gasteiger partial charge in [0.15, 0.2) is 23.5 Å². The smallest absolute Gasteiger partial charge is 0.200 e. The van der Waals surface area contributed by atoms with Crippen LogP contribution in [-0.4, -0.2) is 30.9 Å². The van der Waals surface area contributed by atoms with E-state index >= 15 is 0 Å². The predicted octanol–water partition coefficient (Wildman–Crippen LogP) is 7.01. The summed E-state index contributed by atoms with van der Waals surface area (Å²) in [5.41, 5.74) is 4.32. The van der Waals surface area contributed by atoms with E-state index in [2.05, 4.69) is 11.8 Å². The second-order valence-electron chi connectivity index (χ2n) is 9.79. The Labute approximate surface area is 239 Å². The molecule has 0 fully saturated rings. The van der Waals surface area contributed by atoms with Gasteiger partial charge in [-0.25, -0.2) is 0 Å². The largest absolute Gasteiger partial charge is 0.465 e. The summed E-state index contributed by atoms with van der Waals surface area (Å²) in [4.78, 5) is 30.2. The third-order valence-electron chi connectivity index (χ3n) is 7.32. The number of anilines is 2. The molecule has 0 aromatic heterocycles. The number of ether oxygens (including phenoxy) is 2. The molecule has 0 aliphatic carbocycles. The maximum Gasteiger partial charge on any atom is 0.200 e. The van der Waals surface area contributed by atoms with E-state index in [0.717, 1.165) is 17.1 Å². The monoisotopic (exact) mass is 542 g/mol. The third-order valence-corrected chi connectivity index (χ3v) is 7.32. The van der Waals surface area contributed by atoms with E-state index in [1.165, 1.54) is 0 Å². The van der Waals surface area contributed by atoms with Gasteiger partial charge in [-0.3, -0.25) is 9.59 Å². The highest BCUT2D eigenvalue weighted by Gasteiger charge is 2.30. The van der Waals surface area contributed by atoms with Crippen LogP contribution in [0.3, 0.4) is 0 Å². The summed E-state index contributed by atoms with van der Waals surface area (Å²) >= 11 is 0. The van der Waals surface area contributed by atoms with Crippen LogP contribution in [0.25, 0.3) is 0 Å².